The van der Waals surface area contributed by atoms with E-state index >= 15 is 0 Å². The first-order valence-corrected chi connectivity index (χ1v) is 12.4. The molecule has 0 heterocycles. The predicted molar refractivity (Wildman–Crippen MR) is 129 cm³/mol. The van der Waals surface area contributed by atoms with Crippen LogP contribution in [0.2, 0.25) is 0 Å². The number of nitrogens with one attached hydrogen (secondary N) is 4. The van der Waals surface area contributed by atoms with Crippen molar-refractivity contribution in [2.75, 3.05) is 10.0 Å². The summed E-state index contributed by atoms with van der Waals surface area (Å²) in [5.41, 5.74) is -4.40. The van der Waals surface area contributed by atoms with E-state index < -0.39 is 56.7 Å². The van der Waals surface area contributed by atoms with E-state index in [0.717, 1.165) is 18.2 Å². The van der Waals surface area contributed by atoms with Gasteiger partial charge in [0, 0.05) is 12.2 Å². The SMILES string of the molecule is CC(C)(C)OC(=O)NS(=O)(=O)Nc1cc(F)ccc1CNC(C)(C)C(=O)Nc1ccc(F)c(C(F)(F)F)c1. The molecule has 0 radical (unpaired) electrons. The third-order valence-electron chi connectivity index (χ3n) is 4.75. The van der Waals surface area contributed by atoms with Crippen LogP contribution in [0.1, 0.15) is 45.7 Å². The summed E-state index contributed by atoms with van der Waals surface area (Å²) in [6.07, 6.45) is -6.24. The Morgan fingerprint density at radius 1 is 0.947 bits per heavy atom. The molecule has 0 fully saturated rings. The molecule has 210 valence electrons. The fourth-order valence-electron chi connectivity index (χ4n) is 2.88. The van der Waals surface area contributed by atoms with Gasteiger partial charge in [0.2, 0.25) is 5.91 Å². The van der Waals surface area contributed by atoms with Crippen molar-refractivity contribution >= 4 is 33.6 Å². The molecule has 0 aliphatic carbocycles. The van der Waals surface area contributed by atoms with Crippen molar-refractivity contribution in [2.45, 2.75) is 58.5 Å². The lowest BCUT2D eigenvalue weighted by molar-refractivity contribution is -0.140. The maximum atomic E-state index is 13.9. The highest BCUT2D eigenvalue weighted by molar-refractivity contribution is 7.91. The molecule has 38 heavy (non-hydrogen) atoms. The quantitative estimate of drug-likeness (QED) is 0.344. The van der Waals surface area contributed by atoms with E-state index in [4.69, 9.17) is 4.74 Å². The summed E-state index contributed by atoms with van der Waals surface area (Å²) >= 11 is 0. The number of halogens is 5. The normalized spacial score (nSPS) is 12.6. The molecule has 2 amide bonds. The summed E-state index contributed by atoms with van der Waals surface area (Å²) in [4.78, 5) is 24.5. The van der Waals surface area contributed by atoms with Gasteiger partial charge in [-0.3, -0.25) is 14.8 Å². The van der Waals surface area contributed by atoms with E-state index in [1.54, 1.807) is 4.72 Å². The van der Waals surface area contributed by atoms with E-state index in [-0.39, 0.29) is 23.5 Å². The van der Waals surface area contributed by atoms with E-state index in [9.17, 15) is 40.0 Å². The third kappa shape index (κ3) is 9.13. The number of alkyl halides is 3. The first kappa shape index (κ1) is 30.8. The lowest BCUT2D eigenvalue weighted by Gasteiger charge is -2.26. The Morgan fingerprint density at radius 3 is 2.16 bits per heavy atom. The minimum atomic E-state index is -4.97. The summed E-state index contributed by atoms with van der Waals surface area (Å²) in [6, 6.07) is 5.07. The summed E-state index contributed by atoms with van der Waals surface area (Å²) in [6.45, 7) is 7.11. The van der Waals surface area contributed by atoms with Crippen LogP contribution in [-0.2, 0) is 32.5 Å². The van der Waals surface area contributed by atoms with Gasteiger partial charge in [-0.15, -0.1) is 0 Å². The average molecular weight is 567 g/mol. The van der Waals surface area contributed by atoms with Gasteiger partial charge in [-0.1, -0.05) is 6.07 Å². The fraction of sp³-hybridized carbons (Fsp3) is 0.391. The molecule has 0 atom stereocenters. The van der Waals surface area contributed by atoms with Gasteiger partial charge in [0.15, 0.2) is 0 Å². The van der Waals surface area contributed by atoms with Crippen LogP contribution in [-0.4, -0.2) is 31.6 Å². The highest BCUT2D eigenvalue weighted by atomic mass is 32.2. The number of ether oxygens (including phenoxy) is 1. The second kappa shape index (κ2) is 11.1. The number of benzene rings is 2. The number of anilines is 2. The summed E-state index contributed by atoms with van der Waals surface area (Å²) in [7, 11) is -4.55. The Balaban J connectivity index is 2.16. The Labute approximate surface area is 216 Å². The maximum absolute atomic E-state index is 13.9. The predicted octanol–water partition coefficient (Wildman–Crippen LogP) is 4.67. The Hall–Kier alpha value is -3.46. The molecule has 0 saturated carbocycles. The standard InChI is InChI=1S/C23H27F5N4O5S/c1-21(2,3)37-20(34)32-38(35,36)31-18-10-14(24)7-6-13(18)12-29-22(4,5)19(33)30-15-8-9-17(25)16(11-15)23(26,27)28/h6-11,29,31H,12H2,1-5H3,(H,30,33)(H,32,34). The van der Waals surface area contributed by atoms with E-state index in [1.165, 1.54) is 40.7 Å². The zero-order chi connectivity index (χ0) is 29.1. The topological polar surface area (TPSA) is 126 Å². The number of carbonyl (C=O) groups excluding carboxylic acids is 2. The summed E-state index contributed by atoms with van der Waals surface area (Å²) in [5, 5.41) is 5.05. The number of rotatable bonds is 8. The van der Waals surface area contributed by atoms with E-state index in [1.807, 2.05) is 4.72 Å². The molecule has 0 spiro atoms. The maximum Gasteiger partial charge on any atom is 0.422 e. The Morgan fingerprint density at radius 2 is 1.58 bits per heavy atom. The van der Waals surface area contributed by atoms with Crippen LogP contribution < -0.4 is 20.1 Å². The Kier molecular flexibility index (Phi) is 8.99. The molecule has 2 rings (SSSR count). The van der Waals surface area contributed by atoms with E-state index in [2.05, 4.69) is 10.6 Å². The van der Waals surface area contributed by atoms with Crippen LogP contribution in [0.15, 0.2) is 36.4 Å². The van der Waals surface area contributed by atoms with Crippen LogP contribution in [0.25, 0.3) is 0 Å². The molecule has 0 unspecified atom stereocenters. The average Bonchev–Trinajstić information content (AvgIpc) is 2.71. The molecule has 9 nitrogen and oxygen atoms in total. The lowest BCUT2D eigenvalue weighted by Crippen LogP contribution is -2.49. The number of hydrogen-bond acceptors (Lipinski definition) is 6. The molecule has 2 aromatic rings. The molecular weight excluding hydrogens is 539 g/mol. The van der Waals surface area contributed by atoms with E-state index in [0.29, 0.717) is 12.1 Å². The molecule has 0 bridgehead atoms. The van der Waals surface area contributed by atoms with Gasteiger partial charge in [0.1, 0.15) is 17.2 Å². The van der Waals surface area contributed by atoms with Gasteiger partial charge in [-0.2, -0.15) is 21.6 Å². The van der Waals surface area contributed by atoms with Gasteiger partial charge in [0.05, 0.1) is 16.8 Å². The molecule has 0 aliphatic rings. The highest BCUT2D eigenvalue weighted by Crippen LogP contribution is 2.33. The van der Waals surface area contributed by atoms with Crippen molar-refractivity contribution in [3.05, 3.63) is 59.2 Å². The van der Waals surface area contributed by atoms with Crippen molar-refractivity contribution < 1.29 is 44.7 Å². The monoisotopic (exact) mass is 566 g/mol. The molecule has 0 saturated heterocycles. The van der Waals surface area contributed by atoms with Gasteiger partial charge in [0.25, 0.3) is 0 Å². The zero-order valence-electron chi connectivity index (χ0n) is 21.0. The number of hydrogen-bond donors (Lipinski definition) is 4. The van der Waals surface area contributed by atoms with Crippen molar-refractivity contribution in [2.24, 2.45) is 0 Å². The van der Waals surface area contributed by atoms with Crippen molar-refractivity contribution in [1.29, 1.82) is 0 Å². The second-order valence-corrected chi connectivity index (χ2v) is 11.1. The summed E-state index contributed by atoms with van der Waals surface area (Å²) in [5.74, 6) is -3.11. The minimum Gasteiger partial charge on any atom is -0.443 e. The second-order valence-electron chi connectivity index (χ2n) is 9.64. The minimum absolute atomic E-state index is 0.156. The fourth-order valence-corrected chi connectivity index (χ4v) is 3.67. The van der Waals surface area contributed by atoms with Gasteiger partial charge < -0.3 is 10.1 Å². The van der Waals surface area contributed by atoms with Crippen LogP contribution >= 0.6 is 0 Å². The molecular formula is C23H27F5N4O5S. The molecule has 2 aromatic carbocycles. The van der Waals surface area contributed by atoms with Crippen molar-refractivity contribution in [3.63, 3.8) is 0 Å². The van der Waals surface area contributed by atoms with Crippen molar-refractivity contribution in [1.82, 2.24) is 10.0 Å². The third-order valence-corrected chi connectivity index (χ3v) is 5.67. The first-order valence-electron chi connectivity index (χ1n) is 10.9. The lowest BCUT2D eigenvalue weighted by atomic mass is 10.0. The van der Waals surface area contributed by atoms with Crippen LogP contribution in [0, 0.1) is 11.6 Å². The number of amides is 2. The molecule has 15 heteroatoms. The van der Waals surface area contributed by atoms with Crippen molar-refractivity contribution in [3.8, 4) is 0 Å². The number of carbonyl (C=O) groups is 2. The van der Waals surface area contributed by atoms with Gasteiger partial charge in [-0.25, -0.2) is 18.3 Å². The summed E-state index contributed by atoms with van der Waals surface area (Å²) < 4.78 is 99.5. The zero-order valence-corrected chi connectivity index (χ0v) is 21.8. The highest BCUT2D eigenvalue weighted by Gasteiger charge is 2.35. The van der Waals surface area contributed by atoms with Gasteiger partial charge >= 0.3 is 22.5 Å². The van der Waals surface area contributed by atoms with Gasteiger partial charge in [-0.05, 0) is 70.5 Å². The smallest absolute Gasteiger partial charge is 0.422 e. The molecule has 4 N–H and O–H groups in total. The largest absolute Gasteiger partial charge is 0.443 e. The van der Waals surface area contributed by atoms with Crippen LogP contribution in [0.3, 0.4) is 0 Å². The Bertz CT molecular complexity index is 1310. The molecule has 0 aliphatic heterocycles. The van der Waals surface area contributed by atoms with Crippen LogP contribution in [0.4, 0.5) is 38.1 Å². The molecule has 0 aromatic heterocycles. The van der Waals surface area contributed by atoms with Crippen LogP contribution in [0.5, 0.6) is 0 Å². The first-order chi connectivity index (χ1) is 17.2.